The average Bonchev–Trinajstić information content (AvgIpc) is 2.95. The van der Waals surface area contributed by atoms with Gasteiger partial charge in [0.2, 0.25) is 11.8 Å². The summed E-state index contributed by atoms with van der Waals surface area (Å²) in [5.41, 5.74) is 2.44. The summed E-state index contributed by atoms with van der Waals surface area (Å²) in [6.45, 7) is 6.95. The fraction of sp³-hybridized carbons (Fsp3) is 0.545. The lowest BCUT2D eigenvalue weighted by atomic mass is 9.85. The minimum absolute atomic E-state index is 0.0197. The highest BCUT2D eigenvalue weighted by Crippen LogP contribution is 2.35. The molecule has 3 aliphatic rings. The summed E-state index contributed by atoms with van der Waals surface area (Å²) in [5, 5.41) is 0. The standard InChI is InChI=1S/C22H29N3O3/c1-16-7-8-20(28-2)17(13-16)14-23-9-11-24(12-10-23)15-25-21(26)18-5-3-4-6-19(18)22(25)27/h3-4,7-8,13,18-19H,5-6,9-12,14-15H2,1-2H3/t18-,19-/m1/s1. The number of likely N-dealkylation sites (tertiary alicyclic amines) is 1. The molecule has 0 spiro atoms. The third-order valence-corrected chi connectivity index (χ3v) is 6.24. The molecule has 1 aromatic rings. The van der Waals surface area contributed by atoms with E-state index in [2.05, 4.69) is 28.9 Å². The number of allylic oxidation sites excluding steroid dienone is 2. The van der Waals surface area contributed by atoms with E-state index in [4.69, 9.17) is 4.74 Å². The fourth-order valence-electron chi connectivity index (χ4n) is 4.57. The van der Waals surface area contributed by atoms with E-state index in [0.29, 0.717) is 19.5 Å². The molecule has 0 radical (unpaired) electrons. The van der Waals surface area contributed by atoms with Crippen LogP contribution in [0.3, 0.4) is 0 Å². The van der Waals surface area contributed by atoms with Crippen LogP contribution in [0.25, 0.3) is 0 Å². The van der Waals surface area contributed by atoms with Gasteiger partial charge in [0.05, 0.1) is 25.6 Å². The number of amides is 2. The molecular weight excluding hydrogens is 354 g/mol. The van der Waals surface area contributed by atoms with Gasteiger partial charge in [0, 0.05) is 38.3 Å². The summed E-state index contributed by atoms with van der Waals surface area (Å²) in [6.07, 6.45) is 5.48. The Balaban J connectivity index is 1.32. The number of nitrogens with zero attached hydrogens (tertiary/aromatic N) is 3. The summed E-state index contributed by atoms with van der Waals surface area (Å²) in [5.74, 6) is 0.704. The number of hydrogen-bond acceptors (Lipinski definition) is 5. The van der Waals surface area contributed by atoms with Crippen LogP contribution in [0.1, 0.15) is 24.0 Å². The molecule has 0 unspecified atom stereocenters. The normalized spacial score (nSPS) is 26.0. The summed E-state index contributed by atoms with van der Waals surface area (Å²) in [7, 11) is 1.71. The molecule has 150 valence electrons. The lowest BCUT2D eigenvalue weighted by Gasteiger charge is -2.36. The maximum atomic E-state index is 12.7. The number of carbonyl (C=O) groups is 2. The molecule has 2 fully saturated rings. The van der Waals surface area contributed by atoms with E-state index in [-0.39, 0.29) is 23.7 Å². The van der Waals surface area contributed by atoms with Crippen molar-refractivity contribution >= 4 is 11.8 Å². The molecule has 0 saturated carbocycles. The van der Waals surface area contributed by atoms with Crippen LogP contribution in [0.15, 0.2) is 30.4 Å². The van der Waals surface area contributed by atoms with Crippen molar-refractivity contribution in [1.82, 2.24) is 14.7 Å². The van der Waals surface area contributed by atoms with Crippen LogP contribution in [0, 0.1) is 18.8 Å². The Morgan fingerprint density at radius 1 is 0.964 bits per heavy atom. The highest BCUT2D eigenvalue weighted by atomic mass is 16.5. The topological polar surface area (TPSA) is 53.1 Å². The summed E-state index contributed by atoms with van der Waals surface area (Å²) in [4.78, 5) is 31.4. The summed E-state index contributed by atoms with van der Waals surface area (Å²) >= 11 is 0. The highest BCUT2D eigenvalue weighted by Gasteiger charge is 2.47. The van der Waals surface area contributed by atoms with Crippen molar-refractivity contribution in [3.8, 4) is 5.75 Å². The molecule has 1 aromatic carbocycles. The smallest absolute Gasteiger partial charge is 0.234 e. The summed E-state index contributed by atoms with van der Waals surface area (Å²) in [6, 6.07) is 6.28. The van der Waals surface area contributed by atoms with Gasteiger partial charge in [-0.3, -0.25) is 24.3 Å². The van der Waals surface area contributed by atoms with E-state index in [1.54, 1.807) is 7.11 Å². The largest absolute Gasteiger partial charge is 0.496 e. The van der Waals surface area contributed by atoms with Crippen LogP contribution in [0.4, 0.5) is 0 Å². The van der Waals surface area contributed by atoms with Crippen molar-refractivity contribution in [2.24, 2.45) is 11.8 Å². The molecular formula is C22H29N3O3. The first-order valence-corrected chi connectivity index (χ1v) is 10.2. The van der Waals surface area contributed by atoms with Crippen LogP contribution < -0.4 is 4.74 Å². The fourth-order valence-corrected chi connectivity index (χ4v) is 4.57. The number of benzene rings is 1. The first-order valence-electron chi connectivity index (χ1n) is 10.2. The van der Waals surface area contributed by atoms with Crippen LogP contribution in [0.2, 0.25) is 0 Å². The van der Waals surface area contributed by atoms with E-state index in [0.717, 1.165) is 38.5 Å². The number of imide groups is 1. The molecule has 0 aromatic heterocycles. The molecule has 1 aliphatic carbocycles. The Kier molecular flexibility index (Phi) is 5.51. The van der Waals surface area contributed by atoms with Crippen molar-refractivity contribution in [3.63, 3.8) is 0 Å². The maximum Gasteiger partial charge on any atom is 0.234 e. The van der Waals surface area contributed by atoms with Gasteiger partial charge in [-0.2, -0.15) is 0 Å². The highest BCUT2D eigenvalue weighted by molar-refractivity contribution is 6.05. The maximum absolute atomic E-state index is 12.7. The minimum Gasteiger partial charge on any atom is -0.496 e. The van der Waals surface area contributed by atoms with E-state index >= 15 is 0 Å². The lowest BCUT2D eigenvalue weighted by Crippen LogP contribution is -2.51. The molecule has 6 nitrogen and oxygen atoms in total. The van der Waals surface area contributed by atoms with Gasteiger partial charge < -0.3 is 4.74 Å². The number of piperazine rings is 1. The predicted molar refractivity (Wildman–Crippen MR) is 107 cm³/mol. The van der Waals surface area contributed by atoms with Crippen molar-refractivity contribution < 1.29 is 14.3 Å². The van der Waals surface area contributed by atoms with Crippen molar-refractivity contribution in [2.75, 3.05) is 40.0 Å². The van der Waals surface area contributed by atoms with Crippen LogP contribution in [0.5, 0.6) is 5.75 Å². The quantitative estimate of drug-likeness (QED) is 0.575. The Labute approximate surface area is 166 Å². The monoisotopic (exact) mass is 383 g/mol. The minimum atomic E-state index is -0.132. The molecule has 2 atom stereocenters. The number of rotatable bonds is 5. The third kappa shape index (κ3) is 3.71. The van der Waals surface area contributed by atoms with Crippen LogP contribution in [-0.2, 0) is 16.1 Å². The second-order valence-corrected chi connectivity index (χ2v) is 8.11. The number of aryl methyl sites for hydroxylation is 1. The summed E-state index contributed by atoms with van der Waals surface area (Å²) < 4.78 is 5.50. The molecule has 2 aliphatic heterocycles. The van der Waals surface area contributed by atoms with Crippen molar-refractivity contribution in [3.05, 3.63) is 41.5 Å². The number of fused-ring (bicyclic) bond motifs is 1. The van der Waals surface area contributed by atoms with Crippen molar-refractivity contribution in [2.45, 2.75) is 26.3 Å². The molecule has 2 amide bonds. The third-order valence-electron chi connectivity index (χ3n) is 6.24. The van der Waals surface area contributed by atoms with E-state index in [1.807, 2.05) is 18.2 Å². The SMILES string of the molecule is COc1ccc(C)cc1CN1CCN(CN2C(=O)[C@@H]3CC=CC[C@H]3C2=O)CC1. The molecule has 2 saturated heterocycles. The van der Waals surface area contributed by atoms with Gasteiger partial charge in [0.15, 0.2) is 0 Å². The van der Waals surface area contributed by atoms with Gasteiger partial charge in [-0.15, -0.1) is 0 Å². The van der Waals surface area contributed by atoms with Gasteiger partial charge >= 0.3 is 0 Å². The average molecular weight is 383 g/mol. The van der Waals surface area contributed by atoms with E-state index < -0.39 is 0 Å². The Morgan fingerprint density at radius 2 is 1.57 bits per heavy atom. The van der Waals surface area contributed by atoms with Gasteiger partial charge in [-0.1, -0.05) is 29.8 Å². The first kappa shape index (κ1) is 19.2. The van der Waals surface area contributed by atoms with Crippen molar-refractivity contribution in [1.29, 1.82) is 0 Å². The zero-order valence-corrected chi connectivity index (χ0v) is 16.8. The number of hydrogen-bond donors (Lipinski definition) is 0. The number of ether oxygens (including phenoxy) is 1. The number of methoxy groups -OCH3 is 1. The molecule has 6 heteroatoms. The molecule has 2 heterocycles. The Morgan fingerprint density at radius 3 is 2.18 bits per heavy atom. The Bertz CT molecular complexity index is 757. The number of carbonyl (C=O) groups excluding carboxylic acids is 2. The molecule has 0 N–H and O–H groups in total. The first-order chi connectivity index (χ1) is 13.6. The van der Waals surface area contributed by atoms with E-state index in [9.17, 15) is 9.59 Å². The molecule has 0 bridgehead atoms. The molecule has 4 rings (SSSR count). The zero-order chi connectivity index (χ0) is 19.7. The molecule has 28 heavy (non-hydrogen) atoms. The Hall–Kier alpha value is -2.18. The van der Waals surface area contributed by atoms with Crippen LogP contribution in [-0.4, -0.2) is 66.5 Å². The second-order valence-electron chi connectivity index (χ2n) is 8.11. The van der Waals surface area contributed by atoms with E-state index in [1.165, 1.54) is 16.0 Å². The predicted octanol–water partition coefficient (Wildman–Crippen LogP) is 2.03. The van der Waals surface area contributed by atoms with Gasteiger partial charge in [0.1, 0.15) is 5.75 Å². The lowest BCUT2D eigenvalue weighted by molar-refractivity contribution is -0.142. The van der Waals surface area contributed by atoms with Crippen LogP contribution >= 0.6 is 0 Å². The second kappa shape index (κ2) is 8.05. The van der Waals surface area contributed by atoms with Gasteiger partial charge in [-0.05, 0) is 25.8 Å². The van der Waals surface area contributed by atoms with Gasteiger partial charge in [-0.25, -0.2) is 0 Å². The zero-order valence-electron chi connectivity index (χ0n) is 16.8. The van der Waals surface area contributed by atoms with Gasteiger partial charge in [0.25, 0.3) is 0 Å².